The Kier molecular flexibility index (Phi) is 3.03. The van der Waals surface area contributed by atoms with Gasteiger partial charge in [0.05, 0.1) is 16.7 Å². The van der Waals surface area contributed by atoms with Gasteiger partial charge in [-0.15, -0.1) is 5.06 Å². The van der Waals surface area contributed by atoms with E-state index in [2.05, 4.69) is 0 Å². The van der Waals surface area contributed by atoms with Crippen LogP contribution in [0.3, 0.4) is 0 Å². The zero-order valence-corrected chi connectivity index (χ0v) is 10.6. The summed E-state index contributed by atoms with van der Waals surface area (Å²) in [6.45, 7) is -0.223. The zero-order chi connectivity index (χ0) is 15.0. The van der Waals surface area contributed by atoms with Crippen molar-refractivity contribution in [3.05, 3.63) is 59.0 Å². The van der Waals surface area contributed by atoms with Crippen LogP contribution >= 0.6 is 0 Å². The number of benzene rings is 1. The molecule has 2 heterocycles. The molecule has 0 fully saturated rings. The highest BCUT2D eigenvalue weighted by Crippen LogP contribution is 2.23. The first-order valence-electron chi connectivity index (χ1n) is 5.99. The average Bonchev–Trinajstić information content (AvgIpc) is 3.03. The lowest BCUT2D eigenvalue weighted by atomic mass is 10.1. The number of imide groups is 1. The Labute approximate surface area is 118 Å². The van der Waals surface area contributed by atoms with Gasteiger partial charge >= 0.3 is 5.97 Å². The fourth-order valence-electron chi connectivity index (χ4n) is 1.98. The first kappa shape index (κ1) is 13.1. The fraction of sp³-hybridized carbons (Fsp3) is 0.0714. The van der Waals surface area contributed by atoms with Gasteiger partial charge in [-0.2, -0.15) is 0 Å². The standard InChI is InChI=1S/C14H9NO6/c16-12-10-3-1-2-4-11(10)13(17)15(12)21-7-9-5-8(6-20-9)14(18)19/h1-6H,7H2,(H,18,19). The smallest absolute Gasteiger partial charge is 0.338 e. The normalized spacial score (nSPS) is 13.6. The molecule has 0 aliphatic carbocycles. The summed E-state index contributed by atoms with van der Waals surface area (Å²) in [6.07, 6.45) is 1.06. The summed E-state index contributed by atoms with van der Waals surface area (Å²) in [5, 5.41) is 9.41. The maximum absolute atomic E-state index is 12.0. The van der Waals surface area contributed by atoms with Crippen molar-refractivity contribution in [2.45, 2.75) is 6.61 Å². The largest absolute Gasteiger partial charge is 0.478 e. The molecule has 1 aliphatic heterocycles. The summed E-state index contributed by atoms with van der Waals surface area (Å²) in [5.41, 5.74) is 0.511. The molecule has 7 heteroatoms. The van der Waals surface area contributed by atoms with Gasteiger partial charge in [-0.25, -0.2) is 4.79 Å². The highest BCUT2D eigenvalue weighted by Gasteiger charge is 2.36. The highest BCUT2D eigenvalue weighted by atomic mass is 16.7. The monoisotopic (exact) mass is 287 g/mol. The molecular weight excluding hydrogens is 278 g/mol. The quantitative estimate of drug-likeness (QED) is 0.860. The number of aromatic carboxylic acids is 1. The second-order valence-corrected chi connectivity index (χ2v) is 4.33. The van der Waals surface area contributed by atoms with E-state index < -0.39 is 17.8 Å². The number of fused-ring (bicyclic) bond motifs is 1. The molecule has 0 saturated carbocycles. The van der Waals surface area contributed by atoms with Crippen molar-refractivity contribution in [2.75, 3.05) is 0 Å². The molecule has 1 aliphatic rings. The maximum Gasteiger partial charge on any atom is 0.338 e. The second-order valence-electron chi connectivity index (χ2n) is 4.33. The number of hydrogen-bond acceptors (Lipinski definition) is 5. The Bertz CT molecular complexity index is 712. The van der Waals surface area contributed by atoms with Crippen molar-refractivity contribution in [3.63, 3.8) is 0 Å². The number of carbonyl (C=O) groups excluding carboxylic acids is 2. The summed E-state index contributed by atoms with van der Waals surface area (Å²) in [5.74, 6) is -2.05. The molecule has 0 spiro atoms. The minimum absolute atomic E-state index is 0.0315. The van der Waals surface area contributed by atoms with Gasteiger partial charge in [-0.1, -0.05) is 12.1 Å². The van der Waals surface area contributed by atoms with Crippen LogP contribution in [0.1, 0.15) is 36.8 Å². The maximum atomic E-state index is 12.0. The number of hydrogen-bond donors (Lipinski definition) is 1. The summed E-state index contributed by atoms with van der Waals surface area (Å²) >= 11 is 0. The lowest BCUT2D eigenvalue weighted by Crippen LogP contribution is -2.29. The first-order chi connectivity index (χ1) is 10.1. The number of carboxylic acids is 1. The van der Waals surface area contributed by atoms with Gasteiger partial charge in [0.25, 0.3) is 11.8 Å². The van der Waals surface area contributed by atoms with Crippen molar-refractivity contribution in [1.29, 1.82) is 0 Å². The number of carboxylic acid groups (broad SMARTS) is 1. The van der Waals surface area contributed by atoms with Crippen LogP contribution in [0.25, 0.3) is 0 Å². The van der Waals surface area contributed by atoms with Crippen LogP contribution in [0, 0.1) is 0 Å². The first-order valence-corrected chi connectivity index (χ1v) is 5.99. The van der Waals surface area contributed by atoms with Gasteiger partial charge in [-0.3, -0.25) is 14.4 Å². The molecule has 7 nitrogen and oxygen atoms in total. The van der Waals surface area contributed by atoms with Crippen LogP contribution in [0.4, 0.5) is 0 Å². The Morgan fingerprint density at radius 3 is 2.33 bits per heavy atom. The second kappa shape index (κ2) is 4.88. The summed E-state index contributed by atoms with van der Waals surface area (Å²) in [7, 11) is 0. The van der Waals surface area contributed by atoms with E-state index in [1.807, 2.05) is 0 Å². The molecule has 0 saturated heterocycles. The van der Waals surface area contributed by atoms with Crippen molar-refractivity contribution < 1.29 is 28.7 Å². The summed E-state index contributed by atoms with van der Waals surface area (Å²) in [4.78, 5) is 39.8. The predicted molar refractivity (Wildman–Crippen MR) is 67.4 cm³/mol. The van der Waals surface area contributed by atoms with Crippen molar-refractivity contribution >= 4 is 17.8 Å². The van der Waals surface area contributed by atoms with E-state index in [0.29, 0.717) is 5.06 Å². The number of rotatable bonds is 4. The van der Waals surface area contributed by atoms with Gasteiger partial charge in [0.1, 0.15) is 18.6 Å². The zero-order valence-electron chi connectivity index (χ0n) is 10.6. The van der Waals surface area contributed by atoms with Crippen LogP contribution in [0.2, 0.25) is 0 Å². The molecule has 21 heavy (non-hydrogen) atoms. The van der Waals surface area contributed by atoms with Crippen molar-refractivity contribution in [1.82, 2.24) is 5.06 Å². The lowest BCUT2D eigenvalue weighted by Gasteiger charge is -2.11. The molecule has 0 bridgehead atoms. The summed E-state index contributed by atoms with van der Waals surface area (Å²) < 4.78 is 4.98. The number of amides is 2. The third-order valence-electron chi connectivity index (χ3n) is 2.99. The molecule has 0 unspecified atom stereocenters. The third kappa shape index (κ3) is 2.19. The van der Waals surface area contributed by atoms with E-state index in [9.17, 15) is 14.4 Å². The van der Waals surface area contributed by atoms with Gasteiger partial charge in [0.15, 0.2) is 0 Å². The summed E-state index contributed by atoms with van der Waals surface area (Å²) in [6, 6.07) is 7.64. The van der Waals surface area contributed by atoms with E-state index in [1.165, 1.54) is 18.2 Å². The highest BCUT2D eigenvalue weighted by molar-refractivity contribution is 6.20. The average molecular weight is 287 g/mol. The van der Waals surface area contributed by atoms with Crippen molar-refractivity contribution in [2.24, 2.45) is 0 Å². The molecule has 0 radical (unpaired) electrons. The fourth-order valence-corrected chi connectivity index (χ4v) is 1.98. The lowest BCUT2D eigenvalue weighted by molar-refractivity contribution is -0.105. The molecule has 1 aromatic heterocycles. The van der Waals surface area contributed by atoms with E-state index >= 15 is 0 Å². The SMILES string of the molecule is O=C(O)c1coc(CON2C(=O)c3ccccc3C2=O)c1. The van der Waals surface area contributed by atoms with E-state index in [4.69, 9.17) is 14.4 Å². The number of furan rings is 1. The van der Waals surface area contributed by atoms with Crippen molar-refractivity contribution in [3.8, 4) is 0 Å². The number of carbonyl (C=O) groups is 3. The van der Waals surface area contributed by atoms with Gasteiger partial charge in [0, 0.05) is 0 Å². The Balaban J connectivity index is 1.73. The Morgan fingerprint density at radius 2 is 1.81 bits per heavy atom. The van der Waals surface area contributed by atoms with Crippen LogP contribution in [-0.2, 0) is 11.4 Å². The van der Waals surface area contributed by atoms with Crippen LogP contribution in [0.15, 0.2) is 41.0 Å². The molecule has 1 aromatic carbocycles. The number of nitrogens with zero attached hydrogens (tertiary/aromatic N) is 1. The topological polar surface area (TPSA) is 97.1 Å². The van der Waals surface area contributed by atoms with Gasteiger partial charge < -0.3 is 9.52 Å². The molecule has 0 atom stereocenters. The molecule has 2 aromatic rings. The third-order valence-corrected chi connectivity index (χ3v) is 2.99. The van der Waals surface area contributed by atoms with Crippen LogP contribution in [0.5, 0.6) is 0 Å². The molecule has 3 rings (SSSR count). The van der Waals surface area contributed by atoms with Gasteiger partial charge in [0.2, 0.25) is 0 Å². The Hall–Kier alpha value is -2.93. The van der Waals surface area contributed by atoms with Crippen LogP contribution in [-0.4, -0.2) is 28.0 Å². The van der Waals surface area contributed by atoms with E-state index in [-0.39, 0.29) is 29.1 Å². The van der Waals surface area contributed by atoms with E-state index in [1.54, 1.807) is 12.1 Å². The molecule has 106 valence electrons. The van der Waals surface area contributed by atoms with Gasteiger partial charge in [-0.05, 0) is 18.2 Å². The molecule has 2 amide bonds. The minimum Gasteiger partial charge on any atom is -0.478 e. The predicted octanol–water partition coefficient (Wildman–Crippen LogP) is 1.71. The van der Waals surface area contributed by atoms with E-state index in [0.717, 1.165) is 6.26 Å². The number of hydroxylamine groups is 2. The molecular formula is C14H9NO6. The van der Waals surface area contributed by atoms with Crippen LogP contribution < -0.4 is 0 Å². The molecule has 1 N–H and O–H groups in total. The minimum atomic E-state index is -1.13. The Morgan fingerprint density at radius 1 is 1.19 bits per heavy atom.